The fourth-order valence-electron chi connectivity index (χ4n) is 3.44. The lowest BCUT2D eigenvalue weighted by Crippen LogP contribution is -2.24. The van der Waals surface area contributed by atoms with E-state index in [1.54, 1.807) is 21.3 Å². The van der Waals surface area contributed by atoms with Crippen molar-refractivity contribution in [1.29, 1.82) is 0 Å². The van der Waals surface area contributed by atoms with Gasteiger partial charge in [-0.1, -0.05) is 44.6 Å². The molecule has 180 valence electrons. The van der Waals surface area contributed by atoms with Crippen molar-refractivity contribution < 1.29 is 29.5 Å². The van der Waals surface area contributed by atoms with E-state index in [0.717, 1.165) is 32.8 Å². The molecule has 0 aromatic carbocycles. The zero-order valence-electron chi connectivity index (χ0n) is 20.5. The van der Waals surface area contributed by atoms with Crippen LogP contribution in [0.3, 0.4) is 0 Å². The first-order valence-electron chi connectivity index (χ1n) is 11.0. The molecular formula is C24H48O6. The van der Waals surface area contributed by atoms with Crippen LogP contribution in [0, 0.1) is 11.8 Å². The molecule has 0 fully saturated rings. The molecule has 0 spiro atoms. The minimum absolute atomic E-state index is 0.00354. The number of aliphatic hydroxyl groups excluding tert-OH is 3. The molecule has 0 aliphatic heterocycles. The summed E-state index contributed by atoms with van der Waals surface area (Å²) in [5, 5.41) is 26.7. The maximum absolute atomic E-state index is 10.4. The number of methoxy groups -OCH3 is 3. The Morgan fingerprint density at radius 2 is 1.57 bits per heavy atom. The lowest BCUT2D eigenvalue weighted by Gasteiger charge is -2.23. The topological polar surface area (TPSA) is 88.4 Å². The van der Waals surface area contributed by atoms with Gasteiger partial charge >= 0.3 is 0 Å². The number of hydrogen-bond acceptors (Lipinski definition) is 6. The van der Waals surface area contributed by atoms with E-state index in [-0.39, 0.29) is 36.9 Å². The lowest BCUT2D eigenvalue weighted by molar-refractivity contribution is -0.00396. The summed E-state index contributed by atoms with van der Waals surface area (Å²) in [5.74, 6) is 0.549. The van der Waals surface area contributed by atoms with Gasteiger partial charge in [0.05, 0.1) is 31.0 Å². The van der Waals surface area contributed by atoms with E-state index >= 15 is 0 Å². The van der Waals surface area contributed by atoms with Crippen LogP contribution in [-0.4, -0.2) is 74.8 Å². The van der Waals surface area contributed by atoms with Crippen LogP contribution in [0.1, 0.15) is 59.8 Å². The number of rotatable bonds is 16. The summed E-state index contributed by atoms with van der Waals surface area (Å²) in [4.78, 5) is 0. The summed E-state index contributed by atoms with van der Waals surface area (Å²) >= 11 is 0. The smallest absolute Gasteiger partial charge is 0.0826 e. The third-order valence-corrected chi connectivity index (χ3v) is 5.61. The van der Waals surface area contributed by atoms with Gasteiger partial charge in [-0.25, -0.2) is 0 Å². The molecule has 0 aliphatic carbocycles. The van der Waals surface area contributed by atoms with Gasteiger partial charge in [-0.15, -0.1) is 0 Å². The second-order valence-corrected chi connectivity index (χ2v) is 7.90. The SMILES string of the molecule is CCC(OC)C(C)CCC(O)C(C)/C=C/C=C(\C)CC(CC(CO)OC)OC.CO. The molecule has 3 N–H and O–H groups in total. The van der Waals surface area contributed by atoms with Gasteiger partial charge in [0.25, 0.3) is 0 Å². The van der Waals surface area contributed by atoms with E-state index in [0.29, 0.717) is 12.3 Å². The zero-order valence-corrected chi connectivity index (χ0v) is 20.5. The van der Waals surface area contributed by atoms with Crippen molar-refractivity contribution in [2.75, 3.05) is 35.0 Å². The second-order valence-electron chi connectivity index (χ2n) is 7.90. The Bertz CT molecular complexity index is 429. The van der Waals surface area contributed by atoms with Gasteiger partial charge in [-0.05, 0) is 38.5 Å². The molecule has 6 heteroatoms. The quantitative estimate of drug-likeness (QED) is 0.322. The Hall–Kier alpha value is -0.760. The maximum atomic E-state index is 10.4. The highest BCUT2D eigenvalue weighted by Gasteiger charge is 2.18. The van der Waals surface area contributed by atoms with Gasteiger partial charge in [0.1, 0.15) is 0 Å². The Morgan fingerprint density at radius 1 is 0.967 bits per heavy atom. The fraction of sp³-hybridized carbons (Fsp3) is 0.833. The average molecular weight is 433 g/mol. The highest BCUT2D eigenvalue weighted by Crippen LogP contribution is 2.20. The van der Waals surface area contributed by atoms with E-state index in [1.165, 1.54) is 5.57 Å². The summed E-state index contributed by atoms with van der Waals surface area (Å²) in [6.45, 7) is 8.43. The second kappa shape index (κ2) is 20.2. The molecule has 0 aromatic rings. The normalized spacial score (nSPS) is 18.3. The molecule has 0 heterocycles. The third kappa shape index (κ3) is 14.3. The lowest BCUT2D eigenvalue weighted by atomic mass is 9.91. The molecule has 0 amide bonds. The Balaban J connectivity index is 0. The van der Waals surface area contributed by atoms with Crippen molar-refractivity contribution in [3.05, 3.63) is 23.8 Å². The molecule has 0 rings (SSSR count). The summed E-state index contributed by atoms with van der Waals surface area (Å²) in [5.41, 5.74) is 1.19. The van der Waals surface area contributed by atoms with E-state index in [9.17, 15) is 10.2 Å². The third-order valence-electron chi connectivity index (χ3n) is 5.61. The van der Waals surface area contributed by atoms with Crippen LogP contribution in [0.4, 0.5) is 0 Å². The molecule has 0 aromatic heterocycles. The van der Waals surface area contributed by atoms with Gasteiger partial charge in [-0.3, -0.25) is 0 Å². The van der Waals surface area contributed by atoms with Gasteiger partial charge in [0, 0.05) is 40.8 Å². The van der Waals surface area contributed by atoms with E-state index in [2.05, 4.69) is 32.9 Å². The number of hydrogen-bond donors (Lipinski definition) is 3. The maximum Gasteiger partial charge on any atom is 0.0826 e. The fourth-order valence-corrected chi connectivity index (χ4v) is 3.44. The zero-order chi connectivity index (χ0) is 23.5. The molecule has 0 aliphatic rings. The molecule has 0 radical (unpaired) electrons. The van der Waals surface area contributed by atoms with Crippen LogP contribution in [0.2, 0.25) is 0 Å². The first-order chi connectivity index (χ1) is 14.3. The summed E-state index contributed by atoms with van der Waals surface area (Å²) in [6, 6.07) is 0. The van der Waals surface area contributed by atoms with Crippen molar-refractivity contribution >= 4 is 0 Å². The Morgan fingerprint density at radius 3 is 2.03 bits per heavy atom. The molecular weight excluding hydrogens is 384 g/mol. The van der Waals surface area contributed by atoms with Crippen molar-refractivity contribution in [3.8, 4) is 0 Å². The standard InChI is InChI=1S/C23H44O5.CH4O/c1-8-23(28-7)19(4)12-13-22(25)18(3)11-9-10-17(2)14-20(26-5)15-21(16-24)27-6;1-2/h9-11,18-25H,8,12-16H2,1-7H3;2H,1H3/b11-9+,17-10+;. The van der Waals surface area contributed by atoms with E-state index in [4.69, 9.17) is 19.3 Å². The first-order valence-corrected chi connectivity index (χ1v) is 11.0. The molecule has 6 atom stereocenters. The molecule has 6 nitrogen and oxygen atoms in total. The minimum Gasteiger partial charge on any atom is -0.400 e. The summed E-state index contributed by atoms with van der Waals surface area (Å²) in [7, 11) is 6.04. The van der Waals surface area contributed by atoms with Crippen LogP contribution in [0.15, 0.2) is 23.8 Å². The predicted octanol–water partition coefficient (Wildman–Crippen LogP) is 3.74. The average Bonchev–Trinajstić information content (AvgIpc) is 2.76. The van der Waals surface area contributed by atoms with Crippen LogP contribution < -0.4 is 0 Å². The van der Waals surface area contributed by atoms with Crippen molar-refractivity contribution in [1.82, 2.24) is 0 Å². The van der Waals surface area contributed by atoms with Gasteiger partial charge in [0.2, 0.25) is 0 Å². The molecule has 0 saturated carbocycles. The predicted molar refractivity (Wildman–Crippen MR) is 124 cm³/mol. The first kappa shape index (κ1) is 31.4. The molecule has 0 bridgehead atoms. The van der Waals surface area contributed by atoms with Crippen LogP contribution in [0.5, 0.6) is 0 Å². The minimum atomic E-state index is -0.347. The highest BCUT2D eigenvalue weighted by atomic mass is 16.5. The largest absolute Gasteiger partial charge is 0.400 e. The van der Waals surface area contributed by atoms with Crippen molar-refractivity contribution in [2.24, 2.45) is 11.8 Å². The molecule has 30 heavy (non-hydrogen) atoms. The van der Waals surface area contributed by atoms with Crippen LogP contribution in [0.25, 0.3) is 0 Å². The Kier molecular flexibility index (Phi) is 21.1. The number of aliphatic hydroxyl groups is 3. The van der Waals surface area contributed by atoms with Gasteiger partial charge in [-0.2, -0.15) is 0 Å². The van der Waals surface area contributed by atoms with Crippen molar-refractivity contribution in [2.45, 2.75) is 84.2 Å². The van der Waals surface area contributed by atoms with Gasteiger partial charge < -0.3 is 29.5 Å². The number of allylic oxidation sites excluding steroid dienone is 2. The van der Waals surface area contributed by atoms with Crippen LogP contribution >= 0.6 is 0 Å². The molecule has 0 saturated heterocycles. The summed E-state index contributed by atoms with van der Waals surface area (Å²) < 4.78 is 16.2. The van der Waals surface area contributed by atoms with Gasteiger partial charge in [0.15, 0.2) is 0 Å². The summed E-state index contributed by atoms with van der Waals surface area (Å²) in [6.07, 6.45) is 10.0. The van der Waals surface area contributed by atoms with Crippen molar-refractivity contribution in [3.63, 3.8) is 0 Å². The highest BCUT2D eigenvalue weighted by molar-refractivity contribution is 5.12. The molecule has 6 unspecified atom stereocenters. The Labute approximate surface area is 184 Å². The van der Waals surface area contributed by atoms with E-state index < -0.39 is 0 Å². The van der Waals surface area contributed by atoms with Crippen LogP contribution in [-0.2, 0) is 14.2 Å². The monoisotopic (exact) mass is 432 g/mol. The number of ether oxygens (including phenoxy) is 3. The van der Waals surface area contributed by atoms with E-state index in [1.807, 2.05) is 13.0 Å².